The summed E-state index contributed by atoms with van der Waals surface area (Å²) < 4.78 is 9.13. The van der Waals surface area contributed by atoms with Gasteiger partial charge in [-0.1, -0.05) is 185 Å². The number of nitrogens with zero attached hydrogens (tertiary/aromatic N) is 9. The number of pyridine rings is 1. The van der Waals surface area contributed by atoms with Crippen LogP contribution >= 0.6 is 0 Å². The lowest BCUT2D eigenvalue weighted by Gasteiger charge is -2.22. The minimum absolute atomic E-state index is 0.168. The number of nitrogens with one attached hydrogen (secondary N) is 4. The van der Waals surface area contributed by atoms with Crippen LogP contribution in [0.25, 0.3) is 68.4 Å². The number of carbonyl (C=O) groups is 4. The molecule has 586 valence electrons. The number of benzene rings is 8. The molecular formula is C92H99N13O9. The fourth-order valence-electron chi connectivity index (χ4n) is 14.2. The zero-order valence-electron chi connectivity index (χ0n) is 64.4. The highest BCUT2D eigenvalue weighted by Gasteiger charge is 2.23. The smallest absolute Gasteiger partial charge is 0.267 e. The summed E-state index contributed by atoms with van der Waals surface area (Å²) in [6.45, 7) is 7.87. The van der Waals surface area contributed by atoms with Crippen molar-refractivity contribution in [3.8, 4) is 0 Å². The van der Waals surface area contributed by atoms with Crippen molar-refractivity contribution in [1.29, 1.82) is 0 Å². The van der Waals surface area contributed by atoms with Crippen LogP contribution in [0, 0.1) is 5.92 Å². The van der Waals surface area contributed by atoms with Crippen LogP contribution in [-0.4, -0.2) is 99.4 Å². The Balaban J connectivity index is 0.000000150. The van der Waals surface area contributed by atoms with Crippen molar-refractivity contribution < 1.29 is 45.1 Å². The van der Waals surface area contributed by atoms with Crippen molar-refractivity contribution in [1.82, 2.24) is 65.1 Å². The number of hydrogen-bond donors (Lipinski definition) is 9. The van der Waals surface area contributed by atoms with Gasteiger partial charge in [-0.15, -0.1) is 0 Å². The van der Waals surface area contributed by atoms with E-state index in [-0.39, 0.29) is 6.61 Å². The van der Waals surface area contributed by atoms with Gasteiger partial charge in [-0.2, -0.15) is 0 Å². The summed E-state index contributed by atoms with van der Waals surface area (Å²) in [5.74, 6) is 3.08. The van der Waals surface area contributed by atoms with Crippen LogP contribution in [-0.2, 0) is 96.7 Å². The first-order valence-corrected chi connectivity index (χ1v) is 38.9. The molecule has 22 nitrogen and oxygen atoms in total. The normalized spacial score (nSPS) is 12.4. The van der Waals surface area contributed by atoms with E-state index in [1.807, 2.05) is 103 Å². The molecule has 0 saturated heterocycles. The second-order valence-corrected chi connectivity index (χ2v) is 28.5. The summed E-state index contributed by atoms with van der Waals surface area (Å²) in [5.41, 5.74) is 24.1. The zero-order chi connectivity index (χ0) is 79.8. The molecule has 0 unspecified atom stereocenters. The second-order valence-electron chi connectivity index (χ2n) is 28.5. The topological polar surface area (TPSA) is 302 Å². The third-order valence-electron chi connectivity index (χ3n) is 19.8. The van der Waals surface area contributed by atoms with Crippen LogP contribution in [0.4, 0.5) is 0 Å². The van der Waals surface area contributed by atoms with Gasteiger partial charge in [0.05, 0.1) is 44.1 Å². The van der Waals surface area contributed by atoms with Gasteiger partial charge in [0.25, 0.3) is 23.6 Å². The molecule has 0 aliphatic heterocycles. The van der Waals surface area contributed by atoms with E-state index in [1.54, 1.807) is 52.4 Å². The van der Waals surface area contributed by atoms with E-state index in [9.17, 15) is 24.3 Å². The van der Waals surface area contributed by atoms with Crippen molar-refractivity contribution in [2.24, 2.45) is 5.92 Å². The number of imidazole rings is 4. The van der Waals surface area contributed by atoms with Crippen LogP contribution in [0.1, 0.15) is 132 Å². The Morgan fingerprint density at radius 1 is 0.395 bits per heavy atom. The summed E-state index contributed by atoms with van der Waals surface area (Å²) in [4.78, 5) is 68.7. The Morgan fingerprint density at radius 2 is 0.737 bits per heavy atom. The Kier molecular flexibility index (Phi) is 30.9. The molecule has 0 atom stereocenters. The van der Waals surface area contributed by atoms with E-state index in [0.717, 1.165) is 167 Å². The van der Waals surface area contributed by atoms with Crippen molar-refractivity contribution in [3.05, 3.63) is 316 Å². The zero-order valence-corrected chi connectivity index (χ0v) is 64.4. The molecule has 14 rings (SSSR count). The largest absolute Gasteiger partial charge is 0.396 e. The lowest BCUT2D eigenvalue weighted by atomic mass is 9.88. The van der Waals surface area contributed by atoms with Crippen LogP contribution in [0.3, 0.4) is 0 Å². The van der Waals surface area contributed by atoms with Gasteiger partial charge in [-0.05, 0) is 186 Å². The van der Waals surface area contributed by atoms with Crippen molar-refractivity contribution in [2.45, 2.75) is 136 Å². The molecule has 0 bridgehead atoms. The first-order valence-electron chi connectivity index (χ1n) is 38.9. The number of hydroxylamine groups is 4. The molecule has 4 amide bonds. The maximum Gasteiger partial charge on any atom is 0.267 e. The highest BCUT2D eigenvalue weighted by Crippen LogP contribution is 2.35. The van der Waals surface area contributed by atoms with E-state index in [1.165, 1.54) is 84.2 Å². The number of aromatic nitrogens is 9. The summed E-state index contributed by atoms with van der Waals surface area (Å²) in [6, 6.07) is 69.7. The first kappa shape index (κ1) is 82.4. The SMILES string of the molecule is CC(C)Cc1nc2cc(/C=C/C(=O)NO)ccc2n1CCc1ccccc1.O=C(/C=C/c1ccc2c(c1)nc(C1CCCCC1)n2CCCO)NO.O=C(/C=C/c1ccc2c(c1)nc(CCc1ccccc1)n2CCc1ccccc1)NO.O=C(/C=C/c1ccc2c(c1)nc(CCc1ccccc1)n2CCc1cccnc1)NO. The molecule has 1 fully saturated rings. The minimum atomic E-state index is -0.564. The van der Waals surface area contributed by atoms with Crippen molar-refractivity contribution >= 4 is 92.1 Å². The number of aliphatic hydroxyl groups excluding tert-OH is 1. The van der Waals surface area contributed by atoms with Gasteiger partial charge in [0.15, 0.2) is 0 Å². The van der Waals surface area contributed by atoms with Crippen LogP contribution in [0.15, 0.2) is 243 Å². The van der Waals surface area contributed by atoms with Gasteiger partial charge in [0.2, 0.25) is 0 Å². The molecule has 1 saturated carbocycles. The molecule has 1 aliphatic carbocycles. The number of aliphatic hydroxyl groups is 1. The number of rotatable bonds is 29. The van der Waals surface area contributed by atoms with Crippen LogP contribution < -0.4 is 21.9 Å². The maximum absolute atomic E-state index is 11.3. The molecule has 0 spiro atoms. The Hall–Kier alpha value is -12.6. The van der Waals surface area contributed by atoms with Gasteiger partial charge in [-0.25, -0.2) is 41.9 Å². The predicted molar refractivity (Wildman–Crippen MR) is 447 cm³/mol. The summed E-state index contributed by atoms with van der Waals surface area (Å²) in [7, 11) is 0. The fraction of sp³-hybridized carbons (Fsp3) is 0.250. The van der Waals surface area contributed by atoms with E-state index in [4.69, 9.17) is 40.8 Å². The maximum atomic E-state index is 11.3. The van der Waals surface area contributed by atoms with Gasteiger partial charge < -0.3 is 23.4 Å². The van der Waals surface area contributed by atoms with E-state index in [0.29, 0.717) is 18.3 Å². The molecule has 9 N–H and O–H groups in total. The monoisotopic (exact) mass is 1530 g/mol. The highest BCUT2D eigenvalue weighted by atomic mass is 16.5. The van der Waals surface area contributed by atoms with Gasteiger partial charge in [0, 0.05) is 94.7 Å². The lowest BCUT2D eigenvalue weighted by Crippen LogP contribution is -2.14. The van der Waals surface area contributed by atoms with E-state index in [2.05, 4.69) is 146 Å². The highest BCUT2D eigenvalue weighted by molar-refractivity contribution is 5.94. The molecule has 8 aromatic carbocycles. The quantitative estimate of drug-likeness (QED) is 0.0120. The number of aryl methyl sites for hydroxylation is 11. The lowest BCUT2D eigenvalue weighted by molar-refractivity contribution is -0.124. The number of amides is 4. The van der Waals surface area contributed by atoms with Gasteiger partial charge in [0.1, 0.15) is 23.3 Å². The van der Waals surface area contributed by atoms with Crippen LogP contribution in [0.2, 0.25) is 0 Å². The fourth-order valence-corrected chi connectivity index (χ4v) is 14.2. The number of fused-ring (bicyclic) bond motifs is 4. The molecule has 22 heteroatoms. The van der Waals surface area contributed by atoms with Gasteiger partial charge >= 0.3 is 0 Å². The molecule has 5 heterocycles. The summed E-state index contributed by atoms with van der Waals surface area (Å²) in [6.07, 6.45) is 29.5. The molecule has 1 aliphatic rings. The Labute approximate surface area is 663 Å². The van der Waals surface area contributed by atoms with Gasteiger partial charge in [-0.3, -0.25) is 45.0 Å². The Morgan fingerprint density at radius 3 is 1.10 bits per heavy atom. The molecule has 114 heavy (non-hydrogen) atoms. The minimum Gasteiger partial charge on any atom is -0.396 e. The second kappa shape index (κ2) is 42.7. The van der Waals surface area contributed by atoms with Crippen molar-refractivity contribution in [3.63, 3.8) is 0 Å². The standard InChI is InChI=1S/C26H25N3O2.C25H24N4O2.C22H25N3O2.C19H25N3O3/c30-26(28-31)16-13-22-11-14-24-23(19-22)27-25(15-12-20-7-3-1-4-8-20)29(24)18-17-21-9-5-2-6-10-21;30-25(28-31)13-10-20-8-11-23-22(17-20)27-24(12-9-19-5-2-1-3-6-19)29(23)16-14-21-7-4-15-26-18-21;1-16(2)14-21-23-19-15-18(9-11-22(26)24-27)8-10-20(19)25(21)13-12-17-6-4-3-5-7-17;23-12-4-11-22-17-9-7-14(8-10-18(24)21-25)13-16(17)20-19(22)15-5-2-1-3-6-15/h1-11,13-14,16,19,31H,12,15,17-18H2,(H,28,30);1-8,10-11,13,15,17-18,31H,9,12,14,16H2,(H,28,30);3-11,15-16,27H,12-14H2,1-2H3,(H,24,26);7-10,13,15,23,25H,1-6,11-12H2,(H,21,24)/b16-13+;13-10+;11-9+;10-8+. The molecular weight excluding hydrogens is 1430 g/mol. The number of hydrogen-bond acceptors (Lipinski definition) is 14. The predicted octanol–water partition coefficient (Wildman–Crippen LogP) is 15.5. The Bertz CT molecular complexity index is 5210. The summed E-state index contributed by atoms with van der Waals surface area (Å²) in [5, 5.41) is 43.7. The molecule has 0 radical (unpaired) electrons. The molecule has 13 aromatic rings. The van der Waals surface area contributed by atoms with E-state index < -0.39 is 23.6 Å². The third-order valence-corrected chi connectivity index (χ3v) is 19.8. The van der Waals surface area contributed by atoms with Crippen molar-refractivity contribution in [2.75, 3.05) is 6.61 Å². The average molecular weight is 1530 g/mol. The first-order chi connectivity index (χ1) is 55.7. The average Bonchev–Trinajstić information content (AvgIpc) is 1.73. The number of carbonyl (C=O) groups excluding carboxylic acids is 4. The third kappa shape index (κ3) is 24.0. The van der Waals surface area contributed by atoms with Crippen LogP contribution in [0.5, 0.6) is 0 Å². The molecule has 5 aromatic heterocycles. The summed E-state index contributed by atoms with van der Waals surface area (Å²) >= 11 is 0. The van der Waals surface area contributed by atoms with E-state index >= 15 is 0 Å².